The van der Waals surface area contributed by atoms with E-state index in [2.05, 4.69) is 5.32 Å². The van der Waals surface area contributed by atoms with Crippen LogP contribution in [0.4, 0.5) is 5.69 Å². The van der Waals surface area contributed by atoms with Gasteiger partial charge in [-0.05, 0) is 23.8 Å². The molecule has 0 saturated carbocycles. The third-order valence-electron chi connectivity index (χ3n) is 2.70. The molecule has 1 aromatic heterocycles. The van der Waals surface area contributed by atoms with Crippen molar-refractivity contribution in [1.82, 2.24) is 9.88 Å². The molecule has 0 bridgehead atoms. The zero-order chi connectivity index (χ0) is 14.5. The molecule has 1 heterocycles. The summed E-state index contributed by atoms with van der Waals surface area (Å²) in [5.41, 5.74) is 6.64. The van der Waals surface area contributed by atoms with E-state index in [9.17, 15) is 9.59 Å². The molecule has 3 N–H and O–H groups in total. The number of amides is 1. The van der Waals surface area contributed by atoms with Gasteiger partial charge in [0, 0.05) is 29.5 Å². The quantitative estimate of drug-likeness (QED) is 0.894. The van der Waals surface area contributed by atoms with Crippen molar-refractivity contribution in [3.63, 3.8) is 0 Å². The molecule has 0 spiro atoms. The molecule has 0 aliphatic rings. The lowest BCUT2D eigenvalue weighted by atomic mass is 10.2. The Kier molecular flexibility index (Phi) is 4.42. The first-order valence-electron chi connectivity index (χ1n) is 6.02. The first-order valence-corrected chi connectivity index (χ1v) is 6.39. The molecule has 20 heavy (non-hydrogen) atoms. The van der Waals surface area contributed by atoms with E-state index < -0.39 is 0 Å². The van der Waals surface area contributed by atoms with Gasteiger partial charge in [-0.1, -0.05) is 23.7 Å². The zero-order valence-corrected chi connectivity index (χ0v) is 11.4. The maximum Gasteiger partial charge on any atom is 0.251 e. The second-order valence-corrected chi connectivity index (χ2v) is 4.77. The molecule has 0 aliphatic heterocycles. The Bertz CT molecular complexity index is 682. The molecule has 0 unspecified atom stereocenters. The largest absolute Gasteiger partial charge is 0.398 e. The average molecular weight is 292 g/mol. The van der Waals surface area contributed by atoms with Crippen LogP contribution in [0.25, 0.3) is 0 Å². The summed E-state index contributed by atoms with van der Waals surface area (Å²) in [6.45, 7) is 0.293. The van der Waals surface area contributed by atoms with E-state index in [-0.39, 0.29) is 18.0 Å². The summed E-state index contributed by atoms with van der Waals surface area (Å²) in [5, 5.41) is 3.34. The van der Waals surface area contributed by atoms with Crippen LogP contribution in [0, 0.1) is 0 Å². The van der Waals surface area contributed by atoms with Crippen molar-refractivity contribution >= 4 is 23.2 Å². The van der Waals surface area contributed by atoms with E-state index in [1.807, 2.05) is 12.1 Å². The highest BCUT2D eigenvalue weighted by Gasteiger charge is 2.05. The number of hydrogen-bond acceptors (Lipinski definition) is 3. The summed E-state index contributed by atoms with van der Waals surface area (Å²) >= 11 is 5.86. The SMILES string of the molecule is Nc1ccc(=O)n(CC(=O)NCc2cccc(Cl)c2)c1. The predicted octanol–water partition coefficient (Wildman–Crippen LogP) is 1.40. The van der Waals surface area contributed by atoms with Crippen molar-refractivity contribution in [2.45, 2.75) is 13.1 Å². The molecular formula is C14H14ClN3O2. The molecule has 6 heteroatoms. The fourth-order valence-corrected chi connectivity index (χ4v) is 1.94. The number of benzene rings is 1. The number of nitrogens with one attached hydrogen (secondary N) is 1. The lowest BCUT2D eigenvalue weighted by Crippen LogP contribution is -2.31. The zero-order valence-electron chi connectivity index (χ0n) is 10.7. The molecule has 1 amide bonds. The minimum Gasteiger partial charge on any atom is -0.398 e. The molecule has 5 nitrogen and oxygen atoms in total. The summed E-state index contributed by atoms with van der Waals surface area (Å²) < 4.78 is 1.27. The highest BCUT2D eigenvalue weighted by atomic mass is 35.5. The maximum atomic E-state index is 11.8. The highest BCUT2D eigenvalue weighted by Crippen LogP contribution is 2.10. The number of halogens is 1. The molecule has 2 rings (SSSR count). The van der Waals surface area contributed by atoms with Gasteiger partial charge in [-0.15, -0.1) is 0 Å². The summed E-state index contributed by atoms with van der Waals surface area (Å²) in [4.78, 5) is 23.3. The minimum atomic E-state index is -0.267. The smallest absolute Gasteiger partial charge is 0.251 e. The van der Waals surface area contributed by atoms with E-state index in [4.69, 9.17) is 17.3 Å². The Hall–Kier alpha value is -2.27. The summed E-state index contributed by atoms with van der Waals surface area (Å²) in [6.07, 6.45) is 1.45. The monoisotopic (exact) mass is 291 g/mol. The van der Waals surface area contributed by atoms with Crippen LogP contribution in [-0.4, -0.2) is 10.5 Å². The number of carbonyl (C=O) groups is 1. The van der Waals surface area contributed by atoms with Gasteiger partial charge in [-0.2, -0.15) is 0 Å². The van der Waals surface area contributed by atoms with Crippen molar-refractivity contribution in [3.05, 3.63) is 63.5 Å². The number of nitrogens with zero attached hydrogens (tertiary/aromatic N) is 1. The van der Waals surface area contributed by atoms with Gasteiger partial charge in [0.2, 0.25) is 5.91 Å². The van der Waals surface area contributed by atoms with Gasteiger partial charge in [-0.25, -0.2) is 0 Å². The van der Waals surface area contributed by atoms with Gasteiger partial charge in [0.05, 0.1) is 0 Å². The Morgan fingerprint density at radius 2 is 2.10 bits per heavy atom. The van der Waals surface area contributed by atoms with Crippen LogP contribution in [0.5, 0.6) is 0 Å². The van der Waals surface area contributed by atoms with Gasteiger partial charge in [-0.3, -0.25) is 9.59 Å². The standard InChI is InChI=1S/C14H14ClN3O2/c15-11-3-1-2-10(6-11)7-17-13(19)9-18-8-12(16)4-5-14(18)20/h1-6,8H,7,9,16H2,(H,17,19). The fraction of sp³-hybridized carbons (Fsp3) is 0.143. The average Bonchev–Trinajstić information content (AvgIpc) is 2.41. The number of rotatable bonds is 4. The fourth-order valence-electron chi connectivity index (χ4n) is 1.73. The van der Waals surface area contributed by atoms with E-state index in [0.29, 0.717) is 17.3 Å². The van der Waals surface area contributed by atoms with Gasteiger partial charge in [0.15, 0.2) is 0 Å². The van der Waals surface area contributed by atoms with Gasteiger partial charge in [0.1, 0.15) is 6.54 Å². The maximum absolute atomic E-state index is 11.8. The first kappa shape index (κ1) is 14.1. The molecule has 0 aliphatic carbocycles. The van der Waals surface area contributed by atoms with Crippen LogP contribution < -0.4 is 16.6 Å². The lowest BCUT2D eigenvalue weighted by Gasteiger charge is -2.08. The van der Waals surface area contributed by atoms with Crippen LogP contribution >= 0.6 is 11.6 Å². The van der Waals surface area contributed by atoms with Crippen molar-refractivity contribution < 1.29 is 4.79 Å². The molecule has 2 aromatic rings. The van der Waals surface area contributed by atoms with Crippen molar-refractivity contribution in [2.75, 3.05) is 5.73 Å². The van der Waals surface area contributed by atoms with E-state index >= 15 is 0 Å². The van der Waals surface area contributed by atoms with Gasteiger partial charge >= 0.3 is 0 Å². The van der Waals surface area contributed by atoms with Crippen LogP contribution in [0.1, 0.15) is 5.56 Å². The number of nitrogen functional groups attached to an aromatic ring is 1. The number of anilines is 1. The Morgan fingerprint density at radius 3 is 2.85 bits per heavy atom. The second kappa shape index (κ2) is 6.25. The molecule has 104 valence electrons. The van der Waals surface area contributed by atoms with Crippen molar-refractivity contribution in [2.24, 2.45) is 0 Å². The molecular weight excluding hydrogens is 278 g/mol. The van der Waals surface area contributed by atoms with Gasteiger partial charge < -0.3 is 15.6 Å². The summed E-state index contributed by atoms with van der Waals surface area (Å²) in [5.74, 6) is -0.266. The summed E-state index contributed by atoms with van der Waals surface area (Å²) in [6, 6.07) is 10.0. The van der Waals surface area contributed by atoms with Crippen molar-refractivity contribution in [1.29, 1.82) is 0 Å². The first-order chi connectivity index (χ1) is 9.54. The molecule has 1 aromatic carbocycles. The van der Waals surface area contributed by atoms with Crippen LogP contribution in [0.2, 0.25) is 5.02 Å². The number of hydrogen-bond donors (Lipinski definition) is 2. The van der Waals surface area contributed by atoms with Crippen LogP contribution in [0.3, 0.4) is 0 Å². The summed E-state index contributed by atoms with van der Waals surface area (Å²) in [7, 11) is 0. The number of pyridine rings is 1. The Morgan fingerprint density at radius 1 is 1.30 bits per heavy atom. The second-order valence-electron chi connectivity index (χ2n) is 4.34. The van der Waals surface area contributed by atoms with Crippen LogP contribution in [-0.2, 0) is 17.9 Å². The molecule has 0 radical (unpaired) electrons. The van der Waals surface area contributed by atoms with E-state index in [1.165, 1.54) is 22.9 Å². The lowest BCUT2D eigenvalue weighted by molar-refractivity contribution is -0.121. The van der Waals surface area contributed by atoms with Crippen molar-refractivity contribution in [3.8, 4) is 0 Å². The normalized spacial score (nSPS) is 10.2. The third kappa shape index (κ3) is 3.86. The molecule has 0 fully saturated rings. The van der Waals surface area contributed by atoms with E-state index in [1.54, 1.807) is 12.1 Å². The van der Waals surface area contributed by atoms with Crippen LogP contribution in [0.15, 0.2) is 47.4 Å². The number of aromatic nitrogens is 1. The predicted molar refractivity (Wildman–Crippen MR) is 78.4 cm³/mol. The molecule has 0 atom stereocenters. The van der Waals surface area contributed by atoms with E-state index in [0.717, 1.165) is 5.56 Å². The number of carbonyl (C=O) groups excluding carboxylic acids is 1. The third-order valence-corrected chi connectivity index (χ3v) is 2.93. The Balaban J connectivity index is 1.96. The Labute approximate surface area is 121 Å². The molecule has 0 saturated heterocycles. The minimum absolute atomic E-state index is 0.0650. The number of nitrogens with two attached hydrogens (primary N) is 1. The van der Waals surface area contributed by atoms with Gasteiger partial charge in [0.25, 0.3) is 5.56 Å². The topological polar surface area (TPSA) is 77.1 Å². The highest BCUT2D eigenvalue weighted by molar-refractivity contribution is 6.30.